The van der Waals surface area contributed by atoms with Crippen LogP contribution in [0.3, 0.4) is 0 Å². The Kier molecular flexibility index (Phi) is 5.56. The Labute approximate surface area is 154 Å². The van der Waals surface area contributed by atoms with Crippen LogP contribution in [0.2, 0.25) is 0 Å². The van der Waals surface area contributed by atoms with E-state index in [1.54, 1.807) is 19.4 Å². The number of benzene rings is 1. The number of pyridine rings is 1. The molecule has 1 saturated carbocycles. The minimum atomic E-state index is -0.119. The van der Waals surface area contributed by atoms with Gasteiger partial charge >= 0.3 is 0 Å². The minimum absolute atomic E-state index is 0.119. The van der Waals surface area contributed by atoms with E-state index < -0.39 is 0 Å². The number of nitrogens with one attached hydrogen (secondary N) is 1. The Morgan fingerprint density at radius 3 is 2.62 bits per heavy atom. The first-order valence-electron chi connectivity index (χ1n) is 9.64. The van der Waals surface area contributed by atoms with Crippen LogP contribution in [-0.4, -0.2) is 24.2 Å². The number of fused-ring (bicyclic) bond motifs is 1. The maximum absolute atomic E-state index is 12.0. The standard InChI is InChI=1S/C21H30N2O3/c1-4-19(22)21(5-2)9-6-15(7-10-21)26-18-12-14-8-11-23-20(24)16(14)13-17(18)25-3/h8,11-13,15,19H,4-7,9-10,22H2,1-3H3,(H,23,24)/t15-,19?,21+. The Hall–Kier alpha value is -2.01. The molecule has 1 aromatic heterocycles. The summed E-state index contributed by atoms with van der Waals surface area (Å²) in [6.45, 7) is 4.42. The van der Waals surface area contributed by atoms with Gasteiger partial charge in [-0.2, -0.15) is 0 Å². The van der Waals surface area contributed by atoms with Crippen molar-refractivity contribution < 1.29 is 9.47 Å². The van der Waals surface area contributed by atoms with Crippen molar-refractivity contribution in [1.29, 1.82) is 0 Å². The van der Waals surface area contributed by atoms with Crippen LogP contribution < -0.4 is 20.8 Å². The van der Waals surface area contributed by atoms with Crippen molar-refractivity contribution in [3.8, 4) is 11.5 Å². The molecule has 1 aromatic carbocycles. The fourth-order valence-corrected chi connectivity index (χ4v) is 4.33. The SMILES string of the molecule is CCC(N)[C@]1(CC)CC[C@H](Oc2cc3cc[nH]c(=O)c3cc2OC)CC1. The smallest absolute Gasteiger partial charge is 0.255 e. The van der Waals surface area contributed by atoms with E-state index in [1.807, 2.05) is 12.1 Å². The van der Waals surface area contributed by atoms with Crippen LogP contribution in [0.1, 0.15) is 52.4 Å². The van der Waals surface area contributed by atoms with Crippen LogP contribution in [0.15, 0.2) is 29.2 Å². The second-order valence-corrected chi connectivity index (χ2v) is 7.44. The molecule has 26 heavy (non-hydrogen) atoms. The Balaban J connectivity index is 1.79. The maximum atomic E-state index is 12.0. The summed E-state index contributed by atoms with van der Waals surface area (Å²) in [5.74, 6) is 1.31. The number of methoxy groups -OCH3 is 1. The van der Waals surface area contributed by atoms with Gasteiger partial charge in [-0.15, -0.1) is 0 Å². The van der Waals surface area contributed by atoms with Gasteiger partial charge in [0.25, 0.3) is 5.56 Å². The van der Waals surface area contributed by atoms with E-state index in [0.717, 1.165) is 43.9 Å². The number of aromatic nitrogens is 1. The topological polar surface area (TPSA) is 77.3 Å². The zero-order valence-corrected chi connectivity index (χ0v) is 16.0. The molecule has 3 N–H and O–H groups in total. The zero-order valence-electron chi connectivity index (χ0n) is 16.0. The summed E-state index contributed by atoms with van der Waals surface area (Å²) in [6, 6.07) is 5.81. The summed E-state index contributed by atoms with van der Waals surface area (Å²) in [5, 5.41) is 1.47. The van der Waals surface area contributed by atoms with Crippen molar-refractivity contribution in [2.24, 2.45) is 11.1 Å². The van der Waals surface area contributed by atoms with Crippen LogP contribution in [0, 0.1) is 5.41 Å². The summed E-state index contributed by atoms with van der Waals surface area (Å²) < 4.78 is 11.8. The summed E-state index contributed by atoms with van der Waals surface area (Å²) >= 11 is 0. The molecule has 1 heterocycles. The molecule has 3 rings (SSSR count). The summed E-state index contributed by atoms with van der Waals surface area (Å²) in [6.07, 6.45) is 8.15. The highest BCUT2D eigenvalue weighted by atomic mass is 16.5. The predicted octanol–water partition coefficient (Wildman–Crippen LogP) is 3.99. The Morgan fingerprint density at radius 2 is 2.00 bits per heavy atom. The maximum Gasteiger partial charge on any atom is 0.255 e. The zero-order chi connectivity index (χ0) is 18.7. The fourth-order valence-electron chi connectivity index (χ4n) is 4.33. The van der Waals surface area contributed by atoms with E-state index in [2.05, 4.69) is 18.8 Å². The lowest BCUT2D eigenvalue weighted by atomic mass is 9.66. The number of H-pyrrole nitrogens is 1. The number of hydrogen-bond acceptors (Lipinski definition) is 4. The van der Waals surface area contributed by atoms with E-state index in [0.29, 0.717) is 16.9 Å². The highest BCUT2D eigenvalue weighted by Gasteiger charge is 2.38. The van der Waals surface area contributed by atoms with Gasteiger partial charge in [0.05, 0.1) is 18.6 Å². The van der Waals surface area contributed by atoms with E-state index >= 15 is 0 Å². The van der Waals surface area contributed by atoms with Gasteiger partial charge in [0.1, 0.15) is 0 Å². The molecule has 1 unspecified atom stereocenters. The first-order chi connectivity index (χ1) is 12.5. The van der Waals surface area contributed by atoms with Crippen molar-refractivity contribution in [1.82, 2.24) is 4.98 Å². The van der Waals surface area contributed by atoms with Crippen LogP contribution in [0.4, 0.5) is 0 Å². The molecule has 0 radical (unpaired) electrons. The fraction of sp³-hybridized carbons (Fsp3) is 0.571. The highest BCUT2D eigenvalue weighted by Crippen LogP contribution is 2.44. The second-order valence-electron chi connectivity index (χ2n) is 7.44. The molecule has 5 heteroatoms. The number of rotatable bonds is 6. The van der Waals surface area contributed by atoms with Gasteiger partial charge in [0.15, 0.2) is 11.5 Å². The molecule has 1 aliphatic carbocycles. The molecular weight excluding hydrogens is 328 g/mol. The molecule has 0 bridgehead atoms. The second kappa shape index (κ2) is 7.70. The molecule has 0 aliphatic heterocycles. The van der Waals surface area contributed by atoms with Gasteiger partial charge in [-0.05, 0) is 67.5 Å². The molecule has 1 aliphatic rings. The van der Waals surface area contributed by atoms with Crippen LogP contribution in [0.5, 0.6) is 11.5 Å². The monoisotopic (exact) mass is 358 g/mol. The van der Waals surface area contributed by atoms with E-state index in [1.165, 1.54) is 0 Å². The number of hydrogen-bond donors (Lipinski definition) is 2. The average molecular weight is 358 g/mol. The average Bonchev–Trinajstić information content (AvgIpc) is 2.68. The van der Waals surface area contributed by atoms with Crippen molar-refractivity contribution in [2.75, 3.05) is 7.11 Å². The quantitative estimate of drug-likeness (QED) is 0.818. The molecule has 5 nitrogen and oxygen atoms in total. The summed E-state index contributed by atoms with van der Waals surface area (Å²) in [7, 11) is 1.61. The Morgan fingerprint density at radius 1 is 1.27 bits per heavy atom. The number of aromatic amines is 1. The lowest BCUT2D eigenvalue weighted by molar-refractivity contribution is 0.0554. The lowest BCUT2D eigenvalue weighted by Gasteiger charge is -2.43. The van der Waals surface area contributed by atoms with Crippen LogP contribution >= 0.6 is 0 Å². The number of ether oxygens (including phenoxy) is 2. The third-order valence-corrected chi connectivity index (χ3v) is 6.21. The third kappa shape index (κ3) is 3.45. The van der Waals surface area contributed by atoms with Gasteiger partial charge in [-0.25, -0.2) is 0 Å². The van der Waals surface area contributed by atoms with E-state index in [4.69, 9.17) is 15.2 Å². The first-order valence-corrected chi connectivity index (χ1v) is 9.64. The molecule has 0 amide bonds. The molecule has 1 fully saturated rings. The minimum Gasteiger partial charge on any atom is -0.493 e. The van der Waals surface area contributed by atoms with Gasteiger partial charge in [-0.3, -0.25) is 4.79 Å². The van der Waals surface area contributed by atoms with Crippen LogP contribution in [0.25, 0.3) is 10.8 Å². The molecule has 0 saturated heterocycles. The Bertz CT molecular complexity index is 806. The third-order valence-electron chi connectivity index (χ3n) is 6.21. The largest absolute Gasteiger partial charge is 0.493 e. The van der Waals surface area contributed by atoms with Crippen molar-refractivity contribution in [3.63, 3.8) is 0 Å². The number of nitrogens with two attached hydrogens (primary N) is 1. The van der Waals surface area contributed by atoms with Gasteiger partial charge in [0.2, 0.25) is 0 Å². The predicted molar refractivity (Wildman–Crippen MR) is 105 cm³/mol. The molecular formula is C21H30N2O3. The summed E-state index contributed by atoms with van der Waals surface area (Å²) in [4.78, 5) is 14.7. The van der Waals surface area contributed by atoms with Crippen molar-refractivity contribution in [2.45, 2.75) is 64.5 Å². The van der Waals surface area contributed by atoms with Crippen molar-refractivity contribution >= 4 is 10.8 Å². The molecule has 142 valence electrons. The van der Waals surface area contributed by atoms with E-state index in [-0.39, 0.29) is 23.1 Å². The highest BCUT2D eigenvalue weighted by molar-refractivity contribution is 5.85. The van der Waals surface area contributed by atoms with Crippen LogP contribution in [-0.2, 0) is 0 Å². The van der Waals surface area contributed by atoms with Gasteiger partial charge in [-0.1, -0.05) is 13.8 Å². The van der Waals surface area contributed by atoms with Crippen molar-refractivity contribution in [3.05, 3.63) is 34.7 Å². The van der Waals surface area contributed by atoms with Gasteiger partial charge < -0.3 is 20.2 Å². The first kappa shape index (κ1) is 18.8. The summed E-state index contributed by atoms with van der Waals surface area (Å²) in [5.41, 5.74) is 6.55. The van der Waals surface area contributed by atoms with E-state index in [9.17, 15) is 4.79 Å². The lowest BCUT2D eigenvalue weighted by Crippen LogP contribution is -2.45. The molecule has 0 spiro atoms. The van der Waals surface area contributed by atoms with Gasteiger partial charge in [0, 0.05) is 12.2 Å². The molecule has 1 atom stereocenters. The normalized spacial score (nSPS) is 24.4. The molecule has 2 aromatic rings.